The van der Waals surface area contributed by atoms with Gasteiger partial charge in [-0.05, 0) is 18.3 Å². The molecule has 0 aromatic carbocycles. The maximum absolute atomic E-state index is 12.0. The number of amides is 1. The van der Waals surface area contributed by atoms with Crippen LogP contribution in [0.5, 0.6) is 0 Å². The van der Waals surface area contributed by atoms with Crippen molar-refractivity contribution in [1.29, 1.82) is 0 Å². The summed E-state index contributed by atoms with van der Waals surface area (Å²) in [6.45, 7) is 5.85. The first-order valence-electron chi connectivity index (χ1n) is 5.63. The predicted molar refractivity (Wildman–Crippen MR) is 60.3 cm³/mol. The molecule has 1 saturated heterocycles. The number of aromatic nitrogens is 2. The molecule has 0 aliphatic carbocycles. The molecule has 2 atom stereocenters. The Hall–Kier alpha value is -1.52. The summed E-state index contributed by atoms with van der Waals surface area (Å²) in [6.07, 6.45) is 1.16. The van der Waals surface area contributed by atoms with Gasteiger partial charge in [-0.2, -0.15) is 0 Å². The average molecular weight is 223 g/mol. The van der Waals surface area contributed by atoms with Crippen LogP contribution in [-0.2, 0) is 0 Å². The molecule has 2 heterocycles. The van der Waals surface area contributed by atoms with Crippen LogP contribution in [0.1, 0.15) is 30.8 Å². The van der Waals surface area contributed by atoms with Gasteiger partial charge in [0.25, 0.3) is 11.5 Å². The van der Waals surface area contributed by atoms with Crippen LogP contribution in [0.3, 0.4) is 0 Å². The van der Waals surface area contributed by atoms with E-state index in [2.05, 4.69) is 24.0 Å². The number of rotatable bonds is 1. The van der Waals surface area contributed by atoms with E-state index in [9.17, 15) is 9.59 Å². The Kier molecular flexibility index (Phi) is 2.85. The second-order valence-corrected chi connectivity index (χ2v) is 4.83. The van der Waals surface area contributed by atoms with Gasteiger partial charge in [0.05, 0.1) is 0 Å². The third-order valence-corrected chi connectivity index (χ3v) is 2.98. The van der Waals surface area contributed by atoms with Crippen molar-refractivity contribution in [1.82, 2.24) is 15.1 Å². The number of hydrogen-bond acceptors (Lipinski definition) is 2. The molecular formula is C11H17N3O2. The SMILES string of the molecule is CC1CC(C)CN(C(=O)c2cc(=O)[nH][nH]2)C1. The molecule has 2 N–H and O–H groups in total. The third-order valence-electron chi connectivity index (χ3n) is 2.98. The molecule has 16 heavy (non-hydrogen) atoms. The van der Waals surface area contributed by atoms with Crippen LogP contribution in [0, 0.1) is 11.8 Å². The van der Waals surface area contributed by atoms with Crippen molar-refractivity contribution < 1.29 is 4.79 Å². The average Bonchev–Trinajstić information content (AvgIpc) is 2.62. The lowest BCUT2D eigenvalue weighted by Gasteiger charge is -2.34. The monoisotopic (exact) mass is 223 g/mol. The minimum absolute atomic E-state index is 0.0863. The Bertz CT molecular complexity index is 424. The summed E-state index contributed by atoms with van der Waals surface area (Å²) < 4.78 is 0. The van der Waals surface area contributed by atoms with Crippen LogP contribution in [0.4, 0.5) is 0 Å². The number of carbonyl (C=O) groups is 1. The predicted octanol–water partition coefficient (Wildman–Crippen LogP) is 0.821. The fourth-order valence-corrected chi connectivity index (χ4v) is 2.45. The van der Waals surface area contributed by atoms with E-state index in [1.165, 1.54) is 6.07 Å². The van der Waals surface area contributed by atoms with E-state index >= 15 is 0 Å². The number of H-pyrrole nitrogens is 2. The van der Waals surface area contributed by atoms with Gasteiger partial charge in [0.2, 0.25) is 0 Å². The molecule has 0 spiro atoms. The Labute approximate surface area is 93.8 Å². The third kappa shape index (κ3) is 2.18. The zero-order valence-corrected chi connectivity index (χ0v) is 9.62. The molecule has 0 saturated carbocycles. The molecule has 1 aliphatic rings. The van der Waals surface area contributed by atoms with Gasteiger partial charge in [0.15, 0.2) is 0 Å². The second kappa shape index (κ2) is 4.15. The van der Waals surface area contributed by atoms with Gasteiger partial charge < -0.3 is 4.90 Å². The van der Waals surface area contributed by atoms with Crippen LogP contribution in [0.2, 0.25) is 0 Å². The van der Waals surface area contributed by atoms with Crippen molar-refractivity contribution in [2.45, 2.75) is 20.3 Å². The van der Waals surface area contributed by atoms with Crippen LogP contribution >= 0.6 is 0 Å². The lowest BCUT2D eigenvalue weighted by molar-refractivity contribution is 0.0617. The van der Waals surface area contributed by atoms with E-state index in [-0.39, 0.29) is 11.5 Å². The Morgan fingerprint density at radius 1 is 1.31 bits per heavy atom. The molecule has 1 amide bonds. The van der Waals surface area contributed by atoms with E-state index in [0.717, 1.165) is 19.5 Å². The Morgan fingerprint density at radius 3 is 2.44 bits per heavy atom. The highest BCUT2D eigenvalue weighted by atomic mass is 16.2. The molecule has 88 valence electrons. The normalized spacial score (nSPS) is 25.8. The molecule has 0 bridgehead atoms. The van der Waals surface area contributed by atoms with Crippen LogP contribution in [0.15, 0.2) is 10.9 Å². The minimum atomic E-state index is -0.263. The maximum atomic E-state index is 12.0. The van der Waals surface area contributed by atoms with Gasteiger partial charge in [0.1, 0.15) is 5.69 Å². The van der Waals surface area contributed by atoms with Crippen molar-refractivity contribution in [2.75, 3.05) is 13.1 Å². The first kappa shape index (κ1) is 11.0. The smallest absolute Gasteiger partial charge is 0.271 e. The van der Waals surface area contributed by atoms with Gasteiger partial charge in [-0.1, -0.05) is 13.8 Å². The van der Waals surface area contributed by atoms with Gasteiger partial charge in [-0.15, -0.1) is 0 Å². The molecule has 5 nitrogen and oxygen atoms in total. The van der Waals surface area contributed by atoms with Crippen molar-refractivity contribution >= 4 is 5.91 Å². The molecule has 2 rings (SSSR count). The summed E-state index contributed by atoms with van der Waals surface area (Å²) in [5.41, 5.74) is 0.0905. The topological polar surface area (TPSA) is 69.0 Å². The zero-order valence-electron chi connectivity index (χ0n) is 9.62. The standard InChI is InChI=1S/C11H17N3O2/c1-7-3-8(2)6-14(5-7)11(16)9-4-10(15)13-12-9/h4,7-8H,3,5-6H2,1-2H3,(H2,12,13,15). The summed E-state index contributed by atoms with van der Waals surface area (Å²) in [5, 5.41) is 4.99. The van der Waals surface area contributed by atoms with E-state index in [0.29, 0.717) is 17.5 Å². The minimum Gasteiger partial charge on any atom is -0.337 e. The zero-order chi connectivity index (χ0) is 11.7. The summed E-state index contributed by atoms with van der Waals surface area (Å²) in [6, 6.07) is 1.31. The summed E-state index contributed by atoms with van der Waals surface area (Å²) in [4.78, 5) is 24.8. The number of nitrogens with one attached hydrogen (secondary N) is 2. The molecule has 1 aromatic heterocycles. The fraction of sp³-hybridized carbons (Fsp3) is 0.636. The van der Waals surface area contributed by atoms with Gasteiger partial charge >= 0.3 is 0 Å². The first-order chi connectivity index (χ1) is 7.56. The highest BCUT2D eigenvalue weighted by Gasteiger charge is 2.26. The van der Waals surface area contributed by atoms with E-state index in [4.69, 9.17) is 0 Å². The lowest BCUT2D eigenvalue weighted by atomic mass is 9.92. The first-order valence-corrected chi connectivity index (χ1v) is 5.63. The summed E-state index contributed by atoms with van der Waals surface area (Å²) in [5.74, 6) is 0.966. The number of hydrogen-bond donors (Lipinski definition) is 2. The van der Waals surface area contributed by atoms with Gasteiger partial charge in [0, 0.05) is 19.2 Å². The number of piperidine rings is 1. The largest absolute Gasteiger partial charge is 0.337 e. The molecule has 1 aliphatic heterocycles. The van der Waals surface area contributed by atoms with Crippen molar-refractivity contribution in [3.05, 3.63) is 22.1 Å². The van der Waals surface area contributed by atoms with Gasteiger partial charge in [-0.3, -0.25) is 19.8 Å². The highest BCUT2D eigenvalue weighted by Crippen LogP contribution is 2.21. The number of nitrogens with zero attached hydrogens (tertiary/aromatic N) is 1. The van der Waals surface area contributed by atoms with Crippen molar-refractivity contribution in [3.63, 3.8) is 0 Å². The van der Waals surface area contributed by atoms with Crippen LogP contribution < -0.4 is 5.56 Å². The molecule has 1 aromatic rings. The quantitative estimate of drug-likeness (QED) is 0.740. The van der Waals surface area contributed by atoms with Crippen LogP contribution in [0.25, 0.3) is 0 Å². The molecule has 1 fully saturated rings. The Morgan fingerprint density at radius 2 is 1.94 bits per heavy atom. The lowest BCUT2D eigenvalue weighted by Crippen LogP contribution is -2.42. The summed E-state index contributed by atoms with van der Waals surface area (Å²) in [7, 11) is 0. The number of aromatic amines is 2. The Balaban J connectivity index is 2.12. The van der Waals surface area contributed by atoms with Crippen molar-refractivity contribution in [3.8, 4) is 0 Å². The second-order valence-electron chi connectivity index (χ2n) is 4.83. The summed E-state index contributed by atoms with van der Waals surface area (Å²) >= 11 is 0. The van der Waals surface area contributed by atoms with Crippen LogP contribution in [-0.4, -0.2) is 34.1 Å². The van der Waals surface area contributed by atoms with Gasteiger partial charge in [-0.25, -0.2) is 0 Å². The fourth-order valence-electron chi connectivity index (χ4n) is 2.45. The van der Waals surface area contributed by atoms with E-state index in [1.807, 2.05) is 4.90 Å². The van der Waals surface area contributed by atoms with Crippen molar-refractivity contribution in [2.24, 2.45) is 11.8 Å². The highest BCUT2D eigenvalue weighted by molar-refractivity contribution is 5.92. The molecular weight excluding hydrogens is 206 g/mol. The number of carbonyl (C=O) groups excluding carboxylic acids is 1. The maximum Gasteiger partial charge on any atom is 0.271 e. The molecule has 2 unspecified atom stereocenters. The van der Waals surface area contributed by atoms with E-state index in [1.54, 1.807) is 0 Å². The number of likely N-dealkylation sites (tertiary alicyclic amines) is 1. The molecule has 0 radical (unpaired) electrons. The van der Waals surface area contributed by atoms with E-state index < -0.39 is 0 Å². The molecule has 5 heteroatoms.